The van der Waals surface area contributed by atoms with E-state index in [9.17, 15) is 0 Å². The van der Waals surface area contributed by atoms with Crippen molar-refractivity contribution >= 4 is 0 Å². The molecule has 3 rings (SSSR count). The second-order valence-corrected chi connectivity index (χ2v) is 7.65. The molecular weight excluding hydrogens is 354 g/mol. The van der Waals surface area contributed by atoms with E-state index in [1.54, 1.807) is 0 Å². The van der Waals surface area contributed by atoms with Crippen LogP contribution in [0.25, 0.3) is 22.3 Å². The van der Waals surface area contributed by atoms with Gasteiger partial charge in [0.2, 0.25) is 0 Å². The fraction of sp³-hybridized carbons (Fsp3) is 0.370. The highest BCUT2D eigenvalue weighted by Gasteiger charge is 2.03. The Bertz CT molecular complexity index is 835. The first-order valence-corrected chi connectivity index (χ1v) is 11.1. The minimum Gasteiger partial charge on any atom is -0.494 e. The van der Waals surface area contributed by atoms with Gasteiger partial charge in [-0.05, 0) is 54.2 Å². The summed E-state index contributed by atoms with van der Waals surface area (Å²) in [6, 6.07) is 21.5. The number of nitrogens with zero attached hydrogens (tertiary/aromatic N) is 1. The zero-order chi connectivity index (χ0) is 20.3. The molecule has 3 aromatic rings. The van der Waals surface area contributed by atoms with Crippen molar-refractivity contribution in [2.75, 3.05) is 6.61 Å². The van der Waals surface area contributed by atoms with Crippen LogP contribution in [0.1, 0.15) is 58.1 Å². The summed E-state index contributed by atoms with van der Waals surface area (Å²) in [6.07, 6.45) is 10.4. The second-order valence-electron chi connectivity index (χ2n) is 7.65. The Labute approximate surface area is 176 Å². The molecule has 0 aliphatic carbocycles. The number of hydrogen-bond acceptors (Lipinski definition) is 2. The number of benzene rings is 2. The molecule has 0 aliphatic heterocycles. The lowest BCUT2D eigenvalue weighted by Gasteiger charge is -2.08. The first kappa shape index (κ1) is 21.1. The quantitative estimate of drug-likeness (QED) is 0.314. The smallest absolute Gasteiger partial charge is 0.119 e. The summed E-state index contributed by atoms with van der Waals surface area (Å²) >= 11 is 0. The van der Waals surface area contributed by atoms with Gasteiger partial charge in [-0.15, -0.1) is 0 Å². The van der Waals surface area contributed by atoms with Crippen LogP contribution in [-0.2, 0) is 6.42 Å². The Kier molecular flexibility index (Phi) is 8.30. The van der Waals surface area contributed by atoms with Crippen molar-refractivity contribution in [1.82, 2.24) is 4.98 Å². The lowest BCUT2D eigenvalue weighted by molar-refractivity contribution is 0.306. The van der Waals surface area contributed by atoms with Gasteiger partial charge in [0.15, 0.2) is 0 Å². The molecule has 0 saturated carbocycles. The average molecular weight is 388 g/mol. The highest BCUT2D eigenvalue weighted by Crippen LogP contribution is 2.26. The lowest BCUT2D eigenvalue weighted by atomic mass is 10.0. The number of hydrogen-bond donors (Lipinski definition) is 0. The van der Waals surface area contributed by atoms with E-state index in [0.717, 1.165) is 25.2 Å². The molecule has 0 N–H and O–H groups in total. The topological polar surface area (TPSA) is 22.1 Å². The van der Waals surface area contributed by atoms with Crippen molar-refractivity contribution < 1.29 is 4.74 Å². The zero-order valence-electron chi connectivity index (χ0n) is 17.9. The Balaban J connectivity index is 1.59. The molecule has 0 aliphatic rings. The number of ether oxygens (including phenoxy) is 1. The van der Waals surface area contributed by atoms with Gasteiger partial charge in [0.1, 0.15) is 5.75 Å². The molecule has 0 spiro atoms. The van der Waals surface area contributed by atoms with Crippen molar-refractivity contribution in [3.05, 3.63) is 72.6 Å². The maximum absolute atomic E-state index is 5.81. The summed E-state index contributed by atoms with van der Waals surface area (Å²) in [5.74, 6) is 0.951. The summed E-state index contributed by atoms with van der Waals surface area (Å²) in [5.41, 5.74) is 6.00. The van der Waals surface area contributed by atoms with E-state index in [4.69, 9.17) is 4.74 Å². The van der Waals surface area contributed by atoms with Gasteiger partial charge in [0, 0.05) is 17.5 Å². The second kappa shape index (κ2) is 11.4. The predicted octanol–water partition coefficient (Wildman–Crippen LogP) is 7.72. The number of unbranched alkanes of at least 4 members (excludes halogenated alkanes) is 4. The van der Waals surface area contributed by atoms with E-state index >= 15 is 0 Å². The number of aryl methyl sites for hydroxylation is 1. The molecule has 152 valence electrons. The molecule has 0 radical (unpaired) electrons. The highest BCUT2D eigenvalue weighted by molar-refractivity contribution is 5.70. The summed E-state index contributed by atoms with van der Waals surface area (Å²) in [6.45, 7) is 5.24. The number of rotatable bonds is 11. The van der Waals surface area contributed by atoms with Gasteiger partial charge in [0.05, 0.1) is 6.61 Å². The first-order valence-electron chi connectivity index (χ1n) is 11.1. The van der Waals surface area contributed by atoms with Crippen LogP contribution in [0.5, 0.6) is 5.75 Å². The van der Waals surface area contributed by atoms with Crippen LogP contribution in [0.15, 0.2) is 66.9 Å². The SMILES string of the molecule is CCCCCOc1ccc(-c2ccc(-c3ccc(CCCCC)nc3)cc2)cc1. The maximum atomic E-state index is 5.81. The molecule has 0 unspecified atom stereocenters. The summed E-state index contributed by atoms with van der Waals surface area (Å²) in [7, 11) is 0. The van der Waals surface area contributed by atoms with Crippen LogP contribution in [0.2, 0.25) is 0 Å². The van der Waals surface area contributed by atoms with Crippen LogP contribution in [0, 0.1) is 0 Å². The number of aromatic nitrogens is 1. The normalized spacial score (nSPS) is 10.8. The zero-order valence-corrected chi connectivity index (χ0v) is 17.9. The Morgan fingerprint density at radius 3 is 1.76 bits per heavy atom. The van der Waals surface area contributed by atoms with Gasteiger partial charge in [0.25, 0.3) is 0 Å². The van der Waals surface area contributed by atoms with Gasteiger partial charge >= 0.3 is 0 Å². The Hall–Kier alpha value is -2.61. The van der Waals surface area contributed by atoms with Crippen molar-refractivity contribution in [2.24, 2.45) is 0 Å². The fourth-order valence-electron chi connectivity index (χ4n) is 3.44. The van der Waals surface area contributed by atoms with Gasteiger partial charge in [-0.2, -0.15) is 0 Å². The maximum Gasteiger partial charge on any atom is 0.119 e. The van der Waals surface area contributed by atoms with E-state index in [0.29, 0.717) is 0 Å². The van der Waals surface area contributed by atoms with Crippen molar-refractivity contribution in [1.29, 1.82) is 0 Å². The van der Waals surface area contributed by atoms with E-state index in [-0.39, 0.29) is 0 Å². The largest absolute Gasteiger partial charge is 0.494 e. The van der Waals surface area contributed by atoms with E-state index in [1.165, 1.54) is 60.1 Å². The van der Waals surface area contributed by atoms with Gasteiger partial charge in [-0.25, -0.2) is 0 Å². The molecule has 2 aromatic carbocycles. The van der Waals surface area contributed by atoms with E-state index < -0.39 is 0 Å². The van der Waals surface area contributed by atoms with Crippen LogP contribution in [-0.4, -0.2) is 11.6 Å². The third kappa shape index (κ3) is 6.45. The van der Waals surface area contributed by atoms with Crippen LogP contribution in [0.3, 0.4) is 0 Å². The summed E-state index contributed by atoms with van der Waals surface area (Å²) in [5, 5.41) is 0. The Morgan fingerprint density at radius 1 is 0.621 bits per heavy atom. The van der Waals surface area contributed by atoms with Crippen LogP contribution >= 0.6 is 0 Å². The van der Waals surface area contributed by atoms with Crippen molar-refractivity contribution in [3.8, 4) is 28.0 Å². The van der Waals surface area contributed by atoms with Crippen molar-refractivity contribution in [3.63, 3.8) is 0 Å². The first-order chi connectivity index (χ1) is 14.3. The molecular formula is C27H33NO. The molecule has 1 heterocycles. The van der Waals surface area contributed by atoms with Gasteiger partial charge in [-0.1, -0.05) is 82.0 Å². The van der Waals surface area contributed by atoms with E-state index in [1.807, 2.05) is 6.20 Å². The Morgan fingerprint density at radius 2 is 1.17 bits per heavy atom. The molecule has 0 saturated heterocycles. The summed E-state index contributed by atoms with van der Waals surface area (Å²) in [4.78, 5) is 4.64. The van der Waals surface area contributed by atoms with Crippen LogP contribution < -0.4 is 4.74 Å². The third-order valence-electron chi connectivity index (χ3n) is 5.28. The van der Waals surface area contributed by atoms with Crippen molar-refractivity contribution in [2.45, 2.75) is 58.8 Å². The monoisotopic (exact) mass is 387 g/mol. The molecule has 0 atom stereocenters. The highest BCUT2D eigenvalue weighted by atomic mass is 16.5. The fourth-order valence-corrected chi connectivity index (χ4v) is 3.44. The molecule has 2 nitrogen and oxygen atoms in total. The number of pyridine rings is 1. The van der Waals surface area contributed by atoms with Gasteiger partial charge in [-0.3, -0.25) is 4.98 Å². The standard InChI is InChI=1S/C27H33NO/c1-3-5-7-9-26-17-14-25(21-28-26)24-12-10-22(11-13-24)23-15-18-27(19-16-23)29-20-8-6-4-2/h10-19,21H,3-9,20H2,1-2H3. The predicted molar refractivity (Wildman–Crippen MR) is 123 cm³/mol. The molecule has 0 bridgehead atoms. The van der Waals surface area contributed by atoms with E-state index in [2.05, 4.69) is 79.5 Å². The molecule has 0 fully saturated rings. The third-order valence-corrected chi connectivity index (χ3v) is 5.28. The minimum absolute atomic E-state index is 0.799. The minimum atomic E-state index is 0.799. The molecule has 2 heteroatoms. The molecule has 29 heavy (non-hydrogen) atoms. The average Bonchev–Trinajstić information content (AvgIpc) is 2.78. The van der Waals surface area contributed by atoms with Crippen LogP contribution in [0.4, 0.5) is 0 Å². The van der Waals surface area contributed by atoms with Gasteiger partial charge < -0.3 is 4.74 Å². The lowest BCUT2D eigenvalue weighted by Crippen LogP contribution is -1.96. The molecule has 0 amide bonds. The summed E-state index contributed by atoms with van der Waals surface area (Å²) < 4.78 is 5.81. The molecule has 1 aromatic heterocycles.